The Morgan fingerprint density at radius 3 is 2.71 bits per heavy atom. The van der Waals surface area contributed by atoms with Crippen LogP contribution < -0.4 is 23.8 Å². The van der Waals surface area contributed by atoms with Crippen molar-refractivity contribution in [3.05, 3.63) is 42.0 Å². The molecule has 2 atom stereocenters. The molecule has 9 nitrogen and oxygen atoms in total. The zero-order valence-corrected chi connectivity index (χ0v) is 20.6. The molecule has 0 amide bonds. The monoisotopic (exact) mass is 490 g/mol. The standard InChI is InChI=1S/C24H33N3O6S/c1-24(2)14-17-11-18(25-34(29)30)12-22(23(17)33-24)32-16-20(28)15-26-7-9-27(10-8-26)19-5-4-6-21(13-19)31-3/h4-6,11-13,20,25,28H,7-10,14-16H2,1-3H3,(H,29,30)/p-1. The van der Waals surface area contributed by atoms with E-state index in [1.54, 1.807) is 19.2 Å². The van der Waals surface area contributed by atoms with Crippen molar-refractivity contribution in [2.24, 2.45) is 0 Å². The van der Waals surface area contributed by atoms with E-state index >= 15 is 0 Å². The van der Waals surface area contributed by atoms with Crippen molar-refractivity contribution in [2.75, 3.05) is 56.1 Å². The van der Waals surface area contributed by atoms with Crippen LogP contribution in [0, 0.1) is 0 Å². The molecule has 2 aliphatic rings. The number of β-amino-alcohol motifs (C(OH)–C–C–N with tert-alkyl or cyclic N) is 1. The number of hydrogen-bond acceptors (Lipinski definition) is 8. The van der Waals surface area contributed by atoms with E-state index in [0.717, 1.165) is 43.2 Å². The number of anilines is 2. The number of nitrogens with one attached hydrogen (secondary N) is 1. The maximum Gasteiger partial charge on any atom is 0.165 e. The summed E-state index contributed by atoms with van der Waals surface area (Å²) >= 11 is -2.44. The molecule has 2 aromatic carbocycles. The van der Waals surface area contributed by atoms with Crippen LogP contribution in [0.2, 0.25) is 0 Å². The fraction of sp³-hybridized carbons (Fsp3) is 0.500. The van der Waals surface area contributed by atoms with Crippen LogP contribution in [0.1, 0.15) is 19.4 Å². The number of aliphatic hydroxyl groups is 1. The lowest BCUT2D eigenvalue weighted by atomic mass is 10.0. The maximum atomic E-state index is 11.1. The summed E-state index contributed by atoms with van der Waals surface area (Å²) in [5, 5.41) is 10.6. The first kappa shape index (κ1) is 24.6. The normalized spacial score (nSPS) is 19.1. The fourth-order valence-electron chi connectivity index (χ4n) is 4.47. The third-order valence-corrected chi connectivity index (χ3v) is 6.42. The number of piperazine rings is 1. The second-order valence-corrected chi connectivity index (χ2v) is 9.97. The van der Waals surface area contributed by atoms with E-state index in [4.69, 9.17) is 14.2 Å². The summed E-state index contributed by atoms with van der Waals surface area (Å²) in [6.45, 7) is 7.88. The summed E-state index contributed by atoms with van der Waals surface area (Å²) in [6, 6.07) is 11.4. The summed E-state index contributed by atoms with van der Waals surface area (Å²) < 4.78 is 41.8. The number of methoxy groups -OCH3 is 1. The third kappa shape index (κ3) is 6.12. The summed E-state index contributed by atoms with van der Waals surface area (Å²) in [7, 11) is 1.67. The first-order valence-corrected chi connectivity index (χ1v) is 12.4. The van der Waals surface area contributed by atoms with Gasteiger partial charge in [0, 0.05) is 79.5 Å². The quantitative estimate of drug-likeness (QED) is 0.515. The third-order valence-electron chi connectivity index (χ3n) is 6.02. The van der Waals surface area contributed by atoms with Crippen LogP contribution in [0.3, 0.4) is 0 Å². The second-order valence-electron chi connectivity index (χ2n) is 9.29. The van der Waals surface area contributed by atoms with Gasteiger partial charge in [-0.15, -0.1) is 0 Å². The minimum Gasteiger partial charge on any atom is -0.755 e. The first-order valence-electron chi connectivity index (χ1n) is 11.4. The van der Waals surface area contributed by atoms with Crippen LogP contribution in [0.15, 0.2) is 36.4 Å². The number of rotatable bonds is 9. The van der Waals surface area contributed by atoms with Gasteiger partial charge >= 0.3 is 0 Å². The topological polar surface area (TPSA) is 107 Å². The Labute approximate surface area is 203 Å². The Hall–Kier alpha value is -2.53. The summed E-state index contributed by atoms with van der Waals surface area (Å²) in [5.41, 5.74) is 2.01. The van der Waals surface area contributed by atoms with Crippen molar-refractivity contribution in [3.8, 4) is 17.2 Å². The highest BCUT2D eigenvalue weighted by Crippen LogP contribution is 2.44. The van der Waals surface area contributed by atoms with Gasteiger partial charge < -0.3 is 33.5 Å². The van der Waals surface area contributed by atoms with E-state index in [1.807, 2.05) is 32.0 Å². The largest absolute Gasteiger partial charge is 0.755 e. The van der Waals surface area contributed by atoms with Crippen LogP contribution in [-0.2, 0) is 17.7 Å². The number of aliphatic hydroxyl groups excluding tert-OH is 1. The molecular weight excluding hydrogens is 458 g/mol. The van der Waals surface area contributed by atoms with E-state index in [9.17, 15) is 13.9 Å². The molecule has 0 saturated carbocycles. The predicted octanol–water partition coefficient (Wildman–Crippen LogP) is 2.18. The Balaban J connectivity index is 1.32. The van der Waals surface area contributed by atoms with Gasteiger partial charge in [0.05, 0.1) is 7.11 Å². The van der Waals surface area contributed by atoms with Gasteiger partial charge in [0.25, 0.3) is 0 Å². The average Bonchev–Trinajstić information content (AvgIpc) is 3.11. The lowest BCUT2D eigenvalue weighted by molar-refractivity contribution is 0.0632. The van der Waals surface area contributed by atoms with Gasteiger partial charge in [-0.3, -0.25) is 9.11 Å². The molecule has 2 aliphatic heterocycles. The molecule has 0 aromatic heterocycles. The number of hydrogen-bond donors (Lipinski definition) is 2. The van der Waals surface area contributed by atoms with Crippen LogP contribution in [0.5, 0.6) is 17.2 Å². The molecule has 2 N–H and O–H groups in total. The molecule has 10 heteroatoms. The number of benzene rings is 2. The summed E-state index contributed by atoms with van der Waals surface area (Å²) in [5.74, 6) is 1.87. The Morgan fingerprint density at radius 1 is 1.24 bits per heavy atom. The predicted molar refractivity (Wildman–Crippen MR) is 131 cm³/mol. The van der Waals surface area contributed by atoms with Crippen LogP contribution in [-0.4, -0.2) is 76.9 Å². The van der Waals surface area contributed by atoms with Crippen molar-refractivity contribution >= 4 is 22.6 Å². The average molecular weight is 491 g/mol. The molecule has 0 spiro atoms. The van der Waals surface area contributed by atoms with Crippen molar-refractivity contribution < 1.29 is 28.1 Å². The van der Waals surface area contributed by atoms with Crippen molar-refractivity contribution in [1.82, 2.24) is 4.90 Å². The van der Waals surface area contributed by atoms with Crippen LogP contribution >= 0.6 is 0 Å². The van der Waals surface area contributed by atoms with E-state index in [-0.39, 0.29) is 6.61 Å². The van der Waals surface area contributed by atoms with Crippen LogP contribution in [0.25, 0.3) is 0 Å². The van der Waals surface area contributed by atoms with Gasteiger partial charge in [0.2, 0.25) is 0 Å². The van der Waals surface area contributed by atoms with Gasteiger partial charge in [0.1, 0.15) is 24.1 Å². The Bertz CT molecular complexity index is 1030. The highest BCUT2D eigenvalue weighted by molar-refractivity contribution is 7.80. The molecule has 2 heterocycles. The highest BCUT2D eigenvalue weighted by Gasteiger charge is 2.33. The van der Waals surface area contributed by atoms with Gasteiger partial charge in [-0.05, 0) is 32.0 Å². The zero-order valence-electron chi connectivity index (χ0n) is 19.8. The first-order chi connectivity index (χ1) is 16.2. The molecule has 34 heavy (non-hydrogen) atoms. The second kappa shape index (κ2) is 10.4. The maximum absolute atomic E-state index is 11.1. The molecule has 186 valence electrons. The van der Waals surface area contributed by atoms with Crippen molar-refractivity contribution in [2.45, 2.75) is 32.0 Å². The lowest BCUT2D eigenvalue weighted by Gasteiger charge is -2.37. The SMILES string of the molecule is COc1cccc(N2CCN(CC(O)COc3cc(NS(=O)[O-])cc4c3OC(C)(C)C4)CC2)c1. The van der Waals surface area contributed by atoms with E-state index in [0.29, 0.717) is 30.2 Å². The molecule has 4 rings (SSSR count). The molecule has 0 radical (unpaired) electrons. The van der Waals surface area contributed by atoms with Gasteiger partial charge in [-0.25, -0.2) is 0 Å². The van der Waals surface area contributed by atoms with E-state index in [2.05, 4.69) is 20.6 Å². The minimum absolute atomic E-state index is 0.0796. The zero-order chi connectivity index (χ0) is 24.3. The highest BCUT2D eigenvalue weighted by atomic mass is 32.2. The molecular formula is C24H32N3O6S-. The molecule has 2 aromatic rings. The smallest absolute Gasteiger partial charge is 0.165 e. The van der Waals surface area contributed by atoms with Gasteiger partial charge in [-0.1, -0.05) is 6.07 Å². The number of nitrogens with zero attached hydrogens (tertiary/aromatic N) is 2. The van der Waals surface area contributed by atoms with E-state index in [1.165, 1.54) is 0 Å². The van der Waals surface area contributed by atoms with Crippen molar-refractivity contribution in [3.63, 3.8) is 0 Å². The molecule has 0 aliphatic carbocycles. The Morgan fingerprint density at radius 2 is 2.00 bits per heavy atom. The van der Waals surface area contributed by atoms with Crippen molar-refractivity contribution in [1.29, 1.82) is 0 Å². The van der Waals surface area contributed by atoms with Gasteiger partial charge in [0.15, 0.2) is 11.5 Å². The Kier molecular flexibility index (Phi) is 7.51. The minimum atomic E-state index is -2.44. The van der Waals surface area contributed by atoms with E-state index < -0.39 is 23.0 Å². The lowest BCUT2D eigenvalue weighted by Crippen LogP contribution is -2.49. The van der Waals surface area contributed by atoms with Gasteiger partial charge in [-0.2, -0.15) is 0 Å². The number of fused-ring (bicyclic) bond motifs is 1. The number of ether oxygens (including phenoxy) is 3. The molecule has 0 bridgehead atoms. The molecule has 2 unspecified atom stereocenters. The summed E-state index contributed by atoms with van der Waals surface area (Å²) in [4.78, 5) is 4.52. The molecule has 1 saturated heterocycles. The summed E-state index contributed by atoms with van der Waals surface area (Å²) in [6.07, 6.45) is -0.0569. The van der Waals surface area contributed by atoms with Crippen LogP contribution in [0.4, 0.5) is 11.4 Å². The fourth-order valence-corrected chi connectivity index (χ4v) is 4.78. The molecule has 1 fully saturated rings.